The van der Waals surface area contributed by atoms with Crippen LogP contribution < -0.4 is 4.90 Å². The number of pyridine rings is 7. The second-order valence-corrected chi connectivity index (χ2v) is 35.9. The predicted molar refractivity (Wildman–Crippen MR) is 585 cm³/mol. The molecule has 14 nitrogen and oxygen atoms in total. The van der Waals surface area contributed by atoms with Crippen molar-refractivity contribution in [2.75, 3.05) is 4.90 Å². The second-order valence-electron chi connectivity index (χ2n) is 35.9. The Morgan fingerprint density at radius 2 is 0.812 bits per heavy atom. The summed E-state index contributed by atoms with van der Waals surface area (Å²) in [6.07, 6.45) is 5.45. The fourth-order valence-corrected chi connectivity index (χ4v) is 15.6. The number of aliphatic hydroxyl groups is 2. The molecule has 0 saturated heterocycles. The van der Waals surface area contributed by atoms with Crippen LogP contribution >= 0.6 is 0 Å². The summed E-state index contributed by atoms with van der Waals surface area (Å²) >= 11 is 0. The molecule has 7 aromatic heterocycles. The summed E-state index contributed by atoms with van der Waals surface area (Å²) in [6, 6.07) is 131. The Morgan fingerprint density at radius 1 is 0.369 bits per heavy atom. The quantitative estimate of drug-likeness (QED) is 0.0510. The van der Waals surface area contributed by atoms with E-state index in [1.807, 2.05) is 220 Å². The number of rotatable bonds is 12. The maximum Gasteiger partial charge on any atom is 0.381 e. The molecule has 20 rings (SSSR count). The number of benzene rings is 12. The first-order valence-corrected chi connectivity index (χ1v) is 45.9. The zero-order valence-corrected chi connectivity index (χ0v) is 94.3. The maximum atomic E-state index is 12.5. The number of fused-ring (bicyclic) bond motifs is 4. The molecule has 0 bridgehead atoms. The van der Waals surface area contributed by atoms with Crippen LogP contribution in [0.2, 0.25) is 0 Å². The van der Waals surface area contributed by atoms with E-state index in [-0.39, 0.29) is 175 Å². The summed E-state index contributed by atoms with van der Waals surface area (Å²) in [5.41, 5.74) is 22.8. The first-order valence-electron chi connectivity index (χ1n) is 45.9. The number of carbonyl (C=O) groups excluding carboxylic acids is 2. The number of allylic oxidation sites excluding steroid dienone is 4. The number of hydrogen-bond donors (Lipinski definition) is 4. The van der Waals surface area contributed by atoms with Crippen molar-refractivity contribution >= 4 is 61.1 Å². The Labute approximate surface area is 943 Å². The Bertz CT molecular complexity index is 7370. The Hall–Kier alpha value is -13.6. The zero-order valence-electron chi connectivity index (χ0n) is 82.5. The van der Waals surface area contributed by atoms with Gasteiger partial charge in [-0.05, 0) is 231 Å². The molecule has 0 aliphatic heterocycles. The van der Waals surface area contributed by atoms with E-state index in [1.54, 1.807) is 30.3 Å². The first kappa shape index (κ1) is 126. The number of phenolic OH excluding ortho intramolecular Hbond substituents is 2. The van der Waals surface area contributed by atoms with Crippen molar-refractivity contribution in [3.05, 3.63) is 470 Å². The van der Waals surface area contributed by atoms with Gasteiger partial charge in [-0.3, -0.25) is 14.6 Å². The smallest absolute Gasteiger partial charge is 0.381 e. The van der Waals surface area contributed by atoms with E-state index in [2.05, 4.69) is 237 Å². The fourth-order valence-electron chi connectivity index (χ4n) is 15.6. The molecular weight excluding hydrogens is 2750 g/mol. The summed E-state index contributed by atoms with van der Waals surface area (Å²) in [7, 11) is 0. The summed E-state index contributed by atoms with van der Waals surface area (Å²) in [5, 5.41) is 43.7. The molecule has 0 fully saturated rings. The molecule has 22 heteroatoms. The summed E-state index contributed by atoms with van der Waals surface area (Å²) in [5.74, 6) is 0.261. The van der Waals surface area contributed by atoms with Crippen molar-refractivity contribution in [3.63, 3.8) is 0 Å². The zero-order chi connectivity index (χ0) is 100. The number of ketones is 2. The van der Waals surface area contributed by atoms with E-state index < -0.39 is 11.7 Å². The van der Waals surface area contributed by atoms with Gasteiger partial charge >= 0.3 is 6.18 Å². The predicted octanol–water partition coefficient (Wildman–Crippen LogP) is 33.1. The van der Waals surface area contributed by atoms with Gasteiger partial charge in [0.15, 0.2) is 11.6 Å². The Morgan fingerprint density at radius 3 is 1.30 bits per heavy atom. The van der Waals surface area contributed by atoms with E-state index >= 15 is 0 Å². The Balaban J connectivity index is 0.000000309. The van der Waals surface area contributed by atoms with Gasteiger partial charge in [0.2, 0.25) is 0 Å². The van der Waals surface area contributed by atoms with Crippen LogP contribution in [0.5, 0.6) is 11.5 Å². The standard InChI is InChI=1S/C30H32N2O2.C23H17N2.C18H14N.C16H9F3N.C15H10N.C12H10N.2C5H8O2.3CH4.4Ir.Pt/c1-29(2,3)19-15-23(21-11-7-9-13-27(21)33)31-25(17-19)26-18-20(30(4,5)6)16-24(32-26)22-12-8-10-14-28(22)34;1-4-10-19(11-5-1)23-18-22(16-17-24-23)25(20-12-6-2-7-13-20)21-14-8-3-9-15-21;1-18(2)14-8-4-3-7-13(14)17-16-12(10-11-19-17)6-5-9-15(16)18;17-16(18,19)13-8-5-12(6-9-13)15-10-7-11-3-1-2-4-14(11)20-15;1-2-7-13(8-3-1)15-14-9-5-4-6-12(14)10-11-16-15;1-10-7-8-12(13-9-10)11-5-3-2-4-6-11;2*1-4(6)3-5(2)7;;;;;;;;/h7-18,33-34H,1-6H3;1-10,12-18H;3-6,8-11H,1-2H3;1-5,7-10H;1-7,9-11H;2-5,7-9H,1H3;2*3,6H,1-2H3;3*1H4;;;;;/q;5*-1;;;;;;;;;;. The molecule has 4 N–H and O–H groups in total. The van der Waals surface area contributed by atoms with Gasteiger partial charge in [0.1, 0.15) is 11.5 Å². The number of aromatic nitrogens is 7. The first-order chi connectivity index (χ1) is 67.6. The summed E-state index contributed by atoms with van der Waals surface area (Å²) in [6.45, 7) is 25.3. The van der Waals surface area contributed by atoms with Gasteiger partial charge in [0, 0.05) is 167 Å². The molecule has 776 valence electrons. The number of aryl methyl sites for hydroxylation is 1. The number of alkyl halides is 3. The number of hydrogen-bond acceptors (Lipinski definition) is 14. The van der Waals surface area contributed by atoms with E-state index in [0.29, 0.717) is 33.8 Å². The van der Waals surface area contributed by atoms with E-state index in [1.165, 1.54) is 84.1 Å². The minimum absolute atomic E-state index is 0. The number of para-hydroxylation sites is 5. The number of nitrogens with zero attached hydrogens (tertiary/aromatic N) is 8. The Kier molecular flexibility index (Phi) is 49.8. The van der Waals surface area contributed by atoms with Crippen molar-refractivity contribution in [2.24, 2.45) is 0 Å². The molecule has 4 radical (unpaired) electrons. The van der Waals surface area contributed by atoms with Gasteiger partial charge in [-0.25, -0.2) is 9.97 Å². The monoisotopic (exact) mass is 2880 g/mol. The van der Waals surface area contributed by atoms with Crippen LogP contribution in [0.4, 0.5) is 30.2 Å². The molecule has 1 aliphatic rings. The minimum Gasteiger partial charge on any atom is -0.512 e. The molecule has 149 heavy (non-hydrogen) atoms. The second kappa shape index (κ2) is 58.9. The molecular formula is C127H120F3Ir4N8O6Pt-5. The normalized spacial score (nSPS) is 11.1. The van der Waals surface area contributed by atoms with Gasteiger partial charge in [-0.15, -0.1) is 173 Å². The molecule has 0 spiro atoms. The molecule has 7 heterocycles. The third-order valence-electron chi connectivity index (χ3n) is 22.6. The number of phenols is 2. The molecule has 0 unspecified atom stereocenters. The van der Waals surface area contributed by atoms with Gasteiger partial charge in [0.05, 0.1) is 39.8 Å². The summed E-state index contributed by atoms with van der Waals surface area (Å²) < 4.78 is 37.5. The number of aliphatic hydroxyl groups excluding tert-OH is 2. The van der Waals surface area contributed by atoms with Gasteiger partial charge in [0.25, 0.3) is 0 Å². The number of aromatic hydroxyl groups is 2. The van der Waals surface area contributed by atoms with Crippen molar-refractivity contribution in [3.8, 4) is 102 Å². The molecule has 0 saturated carbocycles. The SMILES string of the molecule is C.C.C.CC(=O)C=C(C)O.CC(=O)C=C(C)O.CC(C)(C)c1cc(-c2cc(C(C)(C)C)cc(-c3ccccc3O)n2)nc(-c2ccccc2O)c1.CC1(C)c2ccc[c-]c2-c2nccc3cccc1c23.Cc1ccc(-c2[c-]cccc2)nc1.FC(F)(F)c1c[c-]c(-c2ccc3ccccc3n2)cc1.[Ir].[Ir].[Ir].[Ir].[Pt].[c-]1ccccc1-c1cc(N(c2ccccc2)c2ccccc2)ccn1.[c-]1ccccc1-c1nccc2ccccc12. The van der Waals surface area contributed by atoms with Gasteiger partial charge < -0.3 is 45.3 Å². The van der Waals surface area contributed by atoms with Gasteiger partial charge in [-0.1, -0.05) is 229 Å². The van der Waals surface area contributed by atoms with E-state index in [0.717, 1.165) is 108 Å². The van der Waals surface area contributed by atoms with Crippen LogP contribution in [0, 0.1) is 37.3 Å². The maximum absolute atomic E-state index is 12.5. The summed E-state index contributed by atoms with van der Waals surface area (Å²) in [4.78, 5) is 54.5. The number of anilines is 3. The minimum atomic E-state index is -4.34. The number of carbonyl (C=O) groups is 2. The van der Waals surface area contributed by atoms with Crippen LogP contribution in [-0.2, 0) is 133 Å². The topological polar surface area (TPSA) is 209 Å². The van der Waals surface area contributed by atoms with Crippen molar-refractivity contribution in [1.29, 1.82) is 0 Å². The van der Waals surface area contributed by atoms with Crippen LogP contribution in [0.1, 0.15) is 139 Å². The molecule has 19 aromatic rings. The average Bonchev–Trinajstić information content (AvgIpc) is 0.719. The van der Waals surface area contributed by atoms with Crippen LogP contribution in [0.15, 0.2) is 406 Å². The third-order valence-corrected chi connectivity index (χ3v) is 22.6. The average molecular weight is 2880 g/mol. The largest absolute Gasteiger partial charge is 0.512 e. The fraction of sp³-hybridized carbons (Fsp3) is 0.157. The van der Waals surface area contributed by atoms with Crippen LogP contribution in [-0.4, -0.2) is 66.9 Å². The number of halogens is 3. The van der Waals surface area contributed by atoms with E-state index in [9.17, 15) is 33.0 Å². The van der Waals surface area contributed by atoms with Crippen molar-refractivity contribution < 1.29 is 145 Å². The molecule has 0 atom stereocenters. The third kappa shape index (κ3) is 34.7. The van der Waals surface area contributed by atoms with Crippen LogP contribution in [0.3, 0.4) is 0 Å². The van der Waals surface area contributed by atoms with Crippen molar-refractivity contribution in [2.45, 2.75) is 135 Å². The van der Waals surface area contributed by atoms with Gasteiger partial charge in [-0.2, -0.15) is 13.2 Å². The van der Waals surface area contributed by atoms with Crippen LogP contribution in [0.25, 0.3) is 123 Å². The molecule has 1 aliphatic carbocycles. The van der Waals surface area contributed by atoms with Crippen molar-refractivity contribution in [1.82, 2.24) is 34.9 Å². The van der Waals surface area contributed by atoms with E-state index in [4.69, 9.17) is 20.2 Å². The molecule has 0 amide bonds. The molecule has 12 aromatic carbocycles.